The summed E-state index contributed by atoms with van der Waals surface area (Å²) in [6, 6.07) is 15.8. The van der Waals surface area contributed by atoms with Gasteiger partial charge in [-0.1, -0.05) is 42.5 Å². The van der Waals surface area contributed by atoms with E-state index in [1.165, 1.54) is 0 Å². The van der Waals surface area contributed by atoms with Crippen LogP contribution in [0.5, 0.6) is 11.5 Å². The van der Waals surface area contributed by atoms with E-state index in [1.807, 2.05) is 30.3 Å². The molecule has 2 rings (SSSR count). The Hall–Kier alpha value is -3.02. The Balaban J connectivity index is 1.83. The molecule has 0 atom stereocenters. The molecular weight excluding hydrogens is 300 g/mol. The van der Waals surface area contributed by atoms with E-state index in [4.69, 9.17) is 19.3 Å². The van der Waals surface area contributed by atoms with Crippen molar-refractivity contribution < 1.29 is 28.9 Å². The van der Waals surface area contributed by atoms with Crippen LogP contribution in [0.15, 0.2) is 54.6 Å². The van der Waals surface area contributed by atoms with Crippen LogP contribution < -0.4 is 9.47 Å². The van der Waals surface area contributed by atoms with E-state index < -0.39 is 18.5 Å². The number of benzene rings is 2. The van der Waals surface area contributed by atoms with Crippen molar-refractivity contribution in [3.05, 3.63) is 60.2 Å². The van der Waals surface area contributed by atoms with Crippen molar-refractivity contribution in [2.45, 2.75) is 6.61 Å². The molecule has 1 N–H and O–H groups in total. The Kier molecular flexibility index (Phi) is 5.99. The first kappa shape index (κ1) is 16.4. The SMILES string of the molecule is O=C(O)COc1ccccc1OCC(=O)OCc1ccccc1. The Morgan fingerprint density at radius 1 is 0.826 bits per heavy atom. The zero-order valence-corrected chi connectivity index (χ0v) is 12.3. The molecule has 0 saturated heterocycles. The van der Waals surface area contributed by atoms with Crippen molar-refractivity contribution in [1.29, 1.82) is 0 Å². The summed E-state index contributed by atoms with van der Waals surface area (Å²) in [5, 5.41) is 8.62. The molecular formula is C17H16O6. The van der Waals surface area contributed by atoms with Crippen LogP contribution >= 0.6 is 0 Å². The van der Waals surface area contributed by atoms with Crippen LogP contribution in [0.2, 0.25) is 0 Å². The number of hydrogen-bond acceptors (Lipinski definition) is 5. The van der Waals surface area contributed by atoms with Gasteiger partial charge in [-0.2, -0.15) is 0 Å². The Bertz CT molecular complexity index is 653. The van der Waals surface area contributed by atoms with Crippen LogP contribution in [0.1, 0.15) is 5.56 Å². The van der Waals surface area contributed by atoms with Crippen molar-refractivity contribution in [2.24, 2.45) is 0 Å². The minimum atomic E-state index is -1.10. The van der Waals surface area contributed by atoms with Gasteiger partial charge in [0.2, 0.25) is 0 Å². The van der Waals surface area contributed by atoms with Crippen molar-refractivity contribution in [1.82, 2.24) is 0 Å². The molecule has 6 nitrogen and oxygen atoms in total. The predicted molar refractivity (Wildman–Crippen MR) is 81.3 cm³/mol. The zero-order chi connectivity index (χ0) is 16.5. The Labute approximate surface area is 133 Å². The van der Waals surface area contributed by atoms with E-state index >= 15 is 0 Å². The topological polar surface area (TPSA) is 82.1 Å². The van der Waals surface area contributed by atoms with E-state index in [2.05, 4.69) is 0 Å². The third kappa shape index (κ3) is 5.70. The van der Waals surface area contributed by atoms with Crippen LogP contribution in [0.3, 0.4) is 0 Å². The average molecular weight is 316 g/mol. The molecule has 0 saturated carbocycles. The fraction of sp³-hybridized carbons (Fsp3) is 0.176. The van der Waals surface area contributed by atoms with E-state index in [9.17, 15) is 9.59 Å². The van der Waals surface area contributed by atoms with Gasteiger partial charge in [0.05, 0.1) is 0 Å². The average Bonchev–Trinajstić information content (AvgIpc) is 2.58. The van der Waals surface area contributed by atoms with Gasteiger partial charge in [-0.25, -0.2) is 9.59 Å². The first-order valence-electron chi connectivity index (χ1n) is 6.91. The lowest BCUT2D eigenvalue weighted by Gasteiger charge is -2.11. The lowest BCUT2D eigenvalue weighted by atomic mass is 10.2. The zero-order valence-electron chi connectivity index (χ0n) is 12.3. The number of carbonyl (C=O) groups excluding carboxylic acids is 1. The number of carbonyl (C=O) groups is 2. The quantitative estimate of drug-likeness (QED) is 0.752. The van der Waals surface area contributed by atoms with Gasteiger partial charge < -0.3 is 19.3 Å². The first-order chi connectivity index (χ1) is 11.1. The molecule has 0 fully saturated rings. The molecule has 0 aromatic heterocycles. The second-order valence-corrected chi connectivity index (χ2v) is 4.56. The summed E-state index contributed by atoms with van der Waals surface area (Å²) in [7, 11) is 0. The molecule has 0 spiro atoms. The number of para-hydroxylation sites is 2. The van der Waals surface area contributed by atoms with Gasteiger partial charge >= 0.3 is 11.9 Å². The molecule has 23 heavy (non-hydrogen) atoms. The third-order valence-electron chi connectivity index (χ3n) is 2.79. The van der Waals surface area contributed by atoms with Crippen LogP contribution in [0.25, 0.3) is 0 Å². The molecule has 0 radical (unpaired) electrons. The fourth-order valence-electron chi connectivity index (χ4n) is 1.74. The summed E-state index contributed by atoms with van der Waals surface area (Å²) in [6.07, 6.45) is 0. The molecule has 0 amide bonds. The minimum Gasteiger partial charge on any atom is -0.479 e. The highest BCUT2D eigenvalue weighted by Crippen LogP contribution is 2.26. The van der Waals surface area contributed by atoms with E-state index in [1.54, 1.807) is 24.3 Å². The molecule has 120 valence electrons. The number of aliphatic carboxylic acids is 1. The maximum Gasteiger partial charge on any atom is 0.344 e. The van der Waals surface area contributed by atoms with Gasteiger partial charge in [0, 0.05) is 0 Å². The number of carboxylic acid groups (broad SMARTS) is 1. The van der Waals surface area contributed by atoms with Gasteiger partial charge in [0.15, 0.2) is 24.7 Å². The highest BCUT2D eigenvalue weighted by molar-refractivity contribution is 5.71. The first-order valence-corrected chi connectivity index (χ1v) is 6.91. The predicted octanol–water partition coefficient (Wildman–Crippen LogP) is 2.27. The summed E-state index contributed by atoms with van der Waals surface area (Å²) in [5.74, 6) is -1.08. The van der Waals surface area contributed by atoms with Crippen molar-refractivity contribution in [2.75, 3.05) is 13.2 Å². The second-order valence-electron chi connectivity index (χ2n) is 4.56. The van der Waals surface area contributed by atoms with Gasteiger partial charge in [0.1, 0.15) is 6.61 Å². The summed E-state index contributed by atoms with van der Waals surface area (Å²) < 4.78 is 15.5. The fourth-order valence-corrected chi connectivity index (χ4v) is 1.74. The second kappa shape index (κ2) is 8.43. The molecule has 2 aromatic carbocycles. The summed E-state index contributed by atoms with van der Waals surface area (Å²) >= 11 is 0. The lowest BCUT2D eigenvalue weighted by Crippen LogP contribution is -2.16. The summed E-state index contributed by atoms with van der Waals surface area (Å²) in [6.45, 7) is -0.612. The molecule has 0 bridgehead atoms. The number of hydrogen-bond donors (Lipinski definition) is 1. The molecule has 0 aliphatic rings. The van der Waals surface area contributed by atoms with E-state index in [0.717, 1.165) is 5.56 Å². The molecule has 0 heterocycles. The molecule has 0 unspecified atom stereocenters. The lowest BCUT2D eigenvalue weighted by molar-refractivity contribution is -0.147. The van der Waals surface area contributed by atoms with E-state index in [-0.39, 0.29) is 24.7 Å². The van der Waals surface area contributed by atoms with Gasteiger partial charge in [-0.3, -0.25) is 0 Å². The summed E-state index contributed by atoms with van der Waals surface area (Å²) in [5.41, 5.74) is 0.881. The minimum absolute atomic E-state index is 0.167. The van der Waals surface area contributed by atoms with Crippen LogP contribution in [0.4, 0.5) is 0 Å². The highest BCUT2D eigenvalue weighted by Gasteiger charge is 2.10. The summed E-state index contributed by atoms with van der Waals surface area (Å²) in [4.78, 5) is 22.2. The molecule has 0 aliphatic heterocycles. The van der Waals surface area contributed by atoms with Crippen LogP contribution in [0, 0.1) is 0 Å². The van der Waals surface area contributed by atoms with Crippen molar-refractivity contribution in [3.8, 4) is 11.5 Å². The smallest absolute Gasteiger partial charge is 0.344 e. The number of ether oxygens (including phenoxy) is 3. The van der Waals surface area contributed by atoms with Gasteiger partial charge in [-0.05, 0) is 17.7 Å². The third-order valence-corrected chi connectivity index (χ3v) is 2.79. The standard InChI is InChI=1S/C17H16O6/c18-16(19)11-21-14-8-4-5-9-15(14)22-12-17(20)23-10-13-6-2-1-3-7-13/h1-9H,10-12H2,(H,18,19). The molecule has 0 aliphatic carbocycles. The Morgan fingerprint density at radius 2 is 1.39 bits per heavy atom. The van der Waals surface area contributed by atoms with Crippen LogP contribution in [-0.2, 0) is 20.9 Å². The van der Waals surface area contributed by atoms with E-state index in [0.29, 0.717) is 0 Å². The van der Waals surface area contributed by atoms with Crippen molar-refractivity contribution >= 4 is 11.9 Å². The highest BCUT2D eigenvalue weighted by atomic mass is 16.6. The molecule has 2 aromatic rings. The monoisotopic (exact) mass is 316 g/mol. The molecule has 6 heteroatoms. The maximum absolute atomic E-state index is 11.7. The van der Waals surface area contributed by atoms with Crippen LogP contribution in [-0.4, -0.2) is 30.3 Å². The van der Waals surface area contributed by atoms with Gasteiger partial charge in [0.25, 0.3) is 0 Å². The number of carboxylic acids is 1. The largest absolute Gasteiger partial charge is 0.479 e. The van der Waals surface area contributed by atoms with Crippen molar-refractivity contribution in [3.63, 3.8) is 0 Å². The maximum atomic E-state index is 11.7. The number of rotatable bonds is 8. The number of esters is 1. The van der Waals surface area contributed by atoms with Gasteiger partial charge in [-0.15, -0.1) is 0 Å². The normalized spacial score (nSPS) is 9.91. The Morgan fingerprint density at radius 3 is 2.00 bits per heavy atom.